The van der Waals surface area contributed by atoms with Gasteiger partial charge >= 0.3 is 0 Å². The van der Waals surface area contributed by atoms with Gasteiger partial charge in [-0.1, -0.05) is 64.8 Å². The Bertz CT molecular complexity index is 1450. The maximum Gasteiger partial charge on any atom is 0.272 e. The number of aryl methyl sites for hydroxylation is 1. The molecule has 0 saturated heterocycles. The van der Waals surface area contributed by atoms with E-state index in [1.165, 1.54) is 12.7 Å². The standard InChI is InChI=1S/C31H43N3O4S/c1-9-11-14-21(13-10-2)17-22-15-12-16-23-18-27(34(6)28(22)23)30(35)32-25-19-24(31(3,4)5)20-26(29(25)38-7)33-39(8,36)37/h9,12,15-16,18-21,33H,1,10-11,13-14,17H2,2-8H3,(H,32,35). The molecule has 39 heavy (non-hydrogen) atoms. The summed E-state index contributed by atoms with van der Waals surface area (Å²) in [6.45, 7) is 12.2. The Morgan fingerprint density at radius 3 is 2.44 bits per heavy atom. The Morgan fingerprint density at radius 1 is 1.15 bits per heavy atom. The molecule has 0 saturated carbocycles. The molecule has 3 rings (SSSR count). The van der Waals surface area contributed by atoms with Crippen molar-refractivity contribution in [2.75, 3.05) is 23.4 Å². The first-order valence-electron chi connectivity index (χ1n) is 13.5. The summed E-state index contributed by atoms with van der Waals surface area (Å²) in [5, 5.41) is 4.00. The van der Waals surface area contributed by atoms with Gasteiger partial charge in [0.25, 0.3) is 5.91 Å². The predicted octanol–water partition coefficient (Wildman–Crippen LogP) is 7.03. The van der Waals surface area contributed by atoms with Crippen LogP contribution in [0.3, 0.4) is 0 Å². The van der Waals surface area contributed by atoms with E-state index < -0.39 is 10.0 Å². The number of nitrogens with zero attached hydrogens (tertiary/aromatic N) is 1. The summed E-state index contributed by atoms with van der Waals surface area (Å²) in [5.74, 6) is 0.507. The first-order valence-corrected chi connectivity index (χ1v) is 15.4. The van der Waals surface area contributed by atoms with Gasteiger partial charge in [0.1, 0.15) is 5.69 Å². The van der Waals surface area contributed by atoms with E-state index in [9.17, 15) is 13.2 Å². The van der Waals surface area contributed by atoms with E-state index in [4.69, 9.17) is 4.74 Å². The fourth-order valence-corrected chi connectivity index (χ4v) is 5.69. The van der Waals surface area contributed by atoms with Crippen molar-refractivity contribution in [3.63, 3.8) is 0 Å². The number of nitrogens with one attached hydrogen (secondary N) is 2. The highest BCUT2D eigenvalue weighted by Crippen LogP contribution is 2.39. The molecule has 8 heteroatoms. The number of carbonyl (C=O) groups is 1. The third kappa shape index (κ3) is 7.44. The highest BCUT2D eigenvalue weighted by molar-refractivity contribution is 7.92. The van der Waals surface area contributed by atoms with Gasteiger partial charge in [-0.25, -0.2) is 8.42 Å². The number of sulfonamides is 1. The number of ether oxygens (including phenoxy) is 1. The van der Waals surface area contributed by atoms with Crippen molar-refractivity contribution < 1.29 is 17.9 Å². The van der Waals surface area contributed by atoms with Crippen LogP contribution in [0.5, 0.6) is 5.75 Å². The molecule has 0 radical (unpaired) electrons. The molecular weight excluding hydrogens is 510 g/mol. The summed E-state index contributed by atoms with van der Waals surface area (Å²) in [5.41, 5.74) is 4.03. The molecule has 7 nitrogen and oxygen atoms in total. The lowest BCUT2D eigenvalue weighted by Gasteiger charge is -2.24. The lowest BCUT2D eigenvalue weighted by atomic mass is 9.86. The molecule has 1 heterocycles. The molecule has 1 atom stereocenters. The van der Waals surface area contributed by atoms with Gasteiger partial charge in [-0.2, -0.15) is 0 Å². The highest BCUT2D eigenvalue weighted by Gasteiger charge is 2.24. The number of fused-ring (bicyclic) bond motifs is 1. The SMILES string of the molecule is C=CCCC(CCC)Cc1cccc2cc(C(=O)Nc3cc(C(C)(C)C)cc(NS(C)(=O)=O)c3OC)n(C)c12. The van der Waals surface area contributed by atoms with Crippen molar-refractivity contribution in [2.45, 2.75) is 65.2 Å². The second-order valence-corrected chi connectivity index (χ2v) is 13.1. The quantitative estimate of drug-likeness (QED) is 0.236. The summed E-state index contributed by atoms with van der Waals surface area (Å²) in [6, 6.07) is 11.7. The van der Waals surface area contributed by atoms with Gasteiger partial charge in [0, 0.05) is 12.4 Å². The van der Waals surface area contributed by atoms with Crippen molar-refractivity contribution in [1.82, 2.24) is 4.57 Å². The maximum atomic E-state index is 13.7. The Labute approximate surface area is 233 Å². The summed E-state index contributed by atoms with van der Waals surface area (Å²) >= 11 is 0. The zero-order valence-corrected chi connectivity index (χ0v) is 25.2. The Kier molecular flexibility index (Phi) is 9.54. The van der Waals surface area contributed by atoms with Crippen LogP contribution in [0, 0.1) is 5.92 Å². The zero-order valence-electron chi connectivity index (χ0n) is 24.3. The number of para-hydroxylation sites is 1. The van der Waals surface area contributed by atoms with E-state index >= 15 is 0 Å². The number of methoxy groups -OCH3 is 1. The number of anilines is 2. The fraction of sp³-hybridized carbons (Fsp3) is 0.452. The predicted molar refractivity (Wildman–Crippen MR) is 163 cm³/mol. The fourth-order valence-electron chi connectivity index (χ4n) is 5.14. The average Bonchev–Trinajstić information content (AvgIpc) is 3.18. The lowest BCUT2D eigenvalue weighted by Crippen LogP contribution is -2.19. The minimum Gasteiger partial charge on any atom is -0.492 e. The maximum absolute atomic E-state index is 13.7. The minimum atomic E-state index is -3.57. The van der Waals surface area contributed by atoms with Crippen molar-refractivity contribution >= 4 is 38.2 Å². The molecular formula is C31H43N3O4S. The molecule has 2 aromatic carbocycles. The lowest BCUT2D eigenvalue weighted by molar-refractivity contribution is 0.101. The summed E-state index contributed by atoms with van der Waals surface area (Å²) < 4.78 is 34.2. The topological polar surface area (TPSA) is 89.4 Å². The van der Waals surface area contributed by atoms with E-state index in [0.29, 0.717) is 17.3 Å². The third-order valence-corrected chi connectivity index (χ3v) is 7.65. The molecule has 0 fully saturated rings. The van der Waals surface area contributed by atoms with Crippen LogP contribution in [0.15, 0.2) is 49.1 Å². The molecule has 0 aliphatic rings. The first-order chi connectivity index (χ1) is 18.3. The first kappa shape index (κ1) is 30.3. The largest absolute Gasteiger partial charge is 0.492 e. The van der Waals surface area contributed by atoms with Crippen LogP contribution in [0.25, 0.3) is 10.9 Å². The van der Waals surface area contributed by atoms with Crippen LogP contribution in [-0.2, 0) is 28.9 Å². The summed E-state index contributed by atoms with van der Waals surface area (Å²) in [4.78, 5) is 13.7. The third-order valence-electron chi connectivity index (χ3n) is 7.06. The normalized spacial score (nSPS) is 12.8. The van der Waals surface area contributed by atoms with Crippen LogP contribution < -0.4 is 14.8 Å². The monoisotopic (exact) mass is 553 g/mol. The molecule has 2 N–H and O–H groups in total. The van der Waals surface area contributed by atoms with Crippen LogP contribution in [0.4, 0.5) is 11.4 Å². The van der Waals surface area contributed by atoms with Gasteiger partial charge < -0.3 is 14.6 Å². The van der Waals surface area contributed by atoms with Gasteiger partial charge in [0.15, 0.2) is 5.75 Å². The molecule has 212 valence electrons. The Morgan fingerprint density at radius 2 is 1.85 bits per heavy atom. The number of hydrogen-bond acceptors (Lipinski definition) is 4. The van der Waals surface area contributed by atoms with E-state index in [1.807, 2.05) is 56.7 Å². The van der Waals surface area contributed by atoms with E-state index in [-0.39, 0.29) is 22.8 Å². The number of carbonyl (C=O) groups excluding carboxylic acids is 1. The highest BCUT2D eigenvalue weighted by atomic mass is 32.2. The smallest absolute Gasteiger partial charge is 0.272 e. The number of aromatic nitrogens is 1. The molecule has 0 aliphatic carbocycles. The molecule has 1 aromatic heterocycles. The molecule has 1 amide bonds. The Hall–Kier alpha value is -3.26. The minimum absolute atomic E-state index is 0.255. The van der Waals surface area contributed by atoms with Gasteiger partial charge in [0.2, 0.25) is 10.0 Å². The number of amides is 1. The van der Waals surface area contributed by atoms with E-state index in [2.05, 4.69) is 35.7 Å². The summed E-state index contributed by atoms with van der Waals surface area (Å²) in [6.07, 6.45) is 8.38. The molecule has 1 unspecified atom stereocenters. The number of benzene rings is 2. The molecule has 0 spiro atoms. The van der Waals surface area contributed by atoms with Crippen molar-refractivity contribution in [3.05, 3.63) is 65.9 Å². The second-order valence-electron chi connectivity index (χ2n) is 11.4. The van der Waals surface area contributed by atoms with Gasteiger partial charge in [0.05, 0.1) is 30.3 Å². The van der Waals surface area contributed by atoms with Gasteiger partial charge in [-0.3, -0.25) is 9.52 Å². The van der Waals surface area contributed by atoms with Crippen molar-refractivity contribution in [1.29, 1.82) is 0 Å². The molecule has 0 aliphatic heterocycles. The van der Waals surface area contributed by atoms with Crippen LogP contribution in [-0.4, -0.2) is 32.3 Å². The Balaban J connectivity index is 2.04. The number of rotatable bonds is 12. The second kappa shape index (κ2) is 12.3. The van der Waals surface area contributed by atoms with Crippen LogP contribution in [0.1, 0.15) is 75.0 Å². The average molecular weight is 554 g/mol. The zero-order chi connectivity index (χ0) is 29.0. The molecule has 3 aromatic rings. The van der Waals surface area contributed by atoms with Crippen molar-refractivity contribution in [2.24, 2.45) is 13.0 Å². The van der Waals surface area contributed by atoms with Crippen LogP contribution >= 0.6 is 0 Å². The van der Waals surface area contributed by atoms with Crippen LogP contribution in [0.2, 0.25) is 0 Å². The number of hydrogen-bond donors (Lipinski definition) is 2. The number of allylic oxidation sites excluding steroid dienone is 1. The van der Waals surface area contributed by atoms with Crippen molar-refractivity contribution in [3.8, 4) is 5.75 Å². The summed E-state index contributed by atoms with van der Waals surface area (Å²) in [7, 11) is -0.200. The van der Waals surface area contributed by atoms with Gasteiger partial charge in [-0.15, -0.1) is 6.58 Å². The molecule has 0 bridgehead atoms. The van der Waals surface area contributed by atoms with Gasteiger partial charge in [-0.05, 0) is 59.9 Å². The van der Waals surface area contributed by atoms with E-state index in [0.717, 1.165) is 54.8 Å². The van der Waals surface area contributed by atoms with E-state index in [1.54, 1.807) is 6.07 Å².